The highest BCUT2D eigenvalue weighted by molar-refractivity contribution is 6.30. The van der Waals surface area contributed by atoms with Crippen LogP contribution in [0.1, 0.15) is 43.6 Å². The fourth-order valence-corrected chi connectivity index (χ4v) is 5.54. The molecule has 4 heterocycles. The van der Waals surface area contributed by atoms with E-state index >= 15 is 0 Å². The minimum absolute atomic E-state index is 0.0933. The minimum Gasteiger partial charge on any atom is -0.441 e. The molecule has 0 bridgehead atoms. The lowest BCUT2D eigenvalue weighted by molar-refractivity contribution is -0.185. The maximum Gasteiger partial charge on any atom is 0.226 e. The van der Waals surface area contributed by atoms with Gasteiger partial charge in [-0.2, -0.15) is 0 Å². The summed E-state index contributed by atoms with van der Waals surface area (Å²) in [6, 6.07) is 7.53. The van der Waals surface area contributed by atoms with Crippen molar-refractivity contribution in [3.63, 3.8) is 0 Å². The Labute approximate surface area is 218 Å². The number of piperidine rings is 2. The Bertz CT molecular complexity index is 1000. The molecule has 36 heavy (non-hydrogen) atoms. The first-order valence-electron chi connectivity index (χ1n) is 13.2. The van der Waals surface area contributed by atoms with E-state index in [1.165, 1.54) is 0 Å². The second-order valence-corrected chi connectivity index (χ2v) is 10.6. The first-order chi connectivity index (χ1) is 17.5. The van der Waals surface area contributed by atoms with Gasteiger partial charge in [-0.3, -0.25) is 9.69 Å². The van der Waals surface area contributed by atoms with Crippen molar-refractivity contribution in [2.75, 3.05) is 52.5 Å². The number of hydrogen-bond acceptors (Lipinski definition) is 7. The number of likely N-dealkylation sites (tertiary alicyclic amines) is 2. The van der Waals surface area contributed by atoms with E-state index in [1.807, 2.05) is 31.2 Å². The smallest absolute Gasteiger partial charge is 0.226 e. The van der Waals surface area contributed by atoms with Crippen molar-refractivity contribution < 1.29 is 18.7 Å². The van der Waals surface area contributed by atoms with E-state index in [1.54, 1.807) is 0 Å². The maximum absolute atomic E-state index is 12.7. The number of nitrogens with zero attached hydrogens (tertiary/aromatic N) is 3. The van der Waals surface area contributed by atoms with E-state index in [0.29, 0.717) is 10.9 Å². The van der Waals surface area contributed by atoms with E-state index in [-0.39, 0.29) is 17.6 Å². The van der Waals surface area contributed by atoms with E-state index in [0.717, 1.165) is 108 Å². The third kappa shape index (κ3) is 6.29. The van der Waals surface area contributed by atoms with Gasteiger partial charge >= 0.3 is 0 Å². The van der Waals surface area contributed by atoms with Crippen molar-refractivity contribution in [2.45, 2.75) is 51.4 Å². The van der Waals surface area contributed by atoms with Gasteiger partial charge in [0.2, 0.25) is 11.8 Å². The van der Waals surface area contributed by atoms with Crippen LogP contribution in [0.25, 0.3) is 11.5 Å². The lowest BCUT2D eigenvalue weighted by atomic mass is 9.95. The third-order valence-corrected chi connectivity index (χ3v) is 7.95. The highest BCUT2D eigenvalue weighted by atomic mass is 35.5. The summed E-state index contributed by atoms with van der Waals surface area (Å²) in [6.45, 7) is 9.65. The van der Waals surface area contributed by atoms with Gasteiger partial charge in [0.25, 0.3) is 0 Å². The summed E-state index contributed by atoms with van der Waals surface area (Å²) in [5.41, 5.74) is 1.88. The molecule has 3 fully saturated rings. The summed E-state index contributed by atoms with van der Waals surface area (Å²) in [7, 11) is 0. The number of amides is 1. The maximum atomic E-state index is 12.7. The molecule has 9 heteroatoms. The molecule has 8 nitrogen and oxygen atoms in total. The van der Waals surface area contributed by atoms with Gasteiger partial charge < -0.3 is 24.1 Å². The van der Waals surface area contributed by atoms with Crippen molar-refractivity contribution >= 4 is 17.5 Å². The summed E-state index contributed by atoms with van der Waals surface area (Å²) < 4.78 is 17.5. The van der Waals surface area contributed by atoms with E-state index in [9.17, 15) is 4.79 Å². The van der Waals surface area contributed by atoms with E-state index in [2.05, 4.69) is 15.1 Å². The molecule has 1 N–H and O–H groups in total. The topological polar surface area (TPSA) is 80.1 Å². The van der Waals surface area contributed by atoms with Crippen LogP contribution in [-0.4, -0.2) is 79.0 Å². The molecular formula is C27H37ClN4O4. The predicted molar refractivity (Wildman–Crippen MR) is 138 cm³/mol. The number of carbonyl (C=O) groups is 1. The number of carbonyl (C=O) groups excluding carboxylic acids is 1. The third-order valence-electron chi connectivity index (χ3n) is 7.70. The van der Waals surface area contributed by atoms with Crippen LogP contribution in [0.2, 0.25) is 5.02 Å². The number of aryl methyl sites for hydroxylation is 1. The summed E-state index contributed by atoms with van der Waals surface area (Å²) in [6.07, 6.45) is 4.60. The van der Waals surface area contributed by atoms with Crippen molar-refractivity contribution in [3.05, 3.63) is 40.7 Å². The van der Waals surface area contributed by atoms with Gasteiger partial charge in [-0.05, 0) is 70.1 Å². The average molecular weight is 517 g/mol. The van der Waals surface area contributed by atoms with Crippen molar-refractivity contribution in [1.82, 2.24) is 20.1 Å². The zero-order valence-electron chi connectivity index (χ0n) is 21.1. The molecule has 3 aliphatic rings. The van der Waals surface area contributed by atoms with Crippen LogP contribution in [0.5, 0.6) is 0 Å². The molecule has 3 saturated heterocycles. The molecule has 1 amide bonds. The Morgan fingerprint density at radius 2 is 1.78 bits per heavy atom. The van der Waals surface area contributed by atoms with Crippen LogP contribution >= 0.6 is 11.6 Å². The monoisotopic (exact) mass is 516 g/mol. The predicted octanol–water partition coefficient (Wildman–Crippen LogP) is 3.86. The second-order valence-electron chi connectivity index (χ2n) is 10.2. The quantitative estimate of drug-likeness (QED) is 0.533. The summed E-state index contributed by atoms with van der Waals surface area (Å²) in [5.74, 6) is 1.44. The average Bonchev–Trinajstić information content (AvgIpc) is 3.50. The molecule has 0 saturated carbocycles. The number of benzene rings is 1. The van der Waals surface area contributed by atoms with Crippen LogP contribution in [0.15, 0.2) is 28.7 Å². The van der Waals surface area contributed by atoms with E-state index < -0.39 is 0 Å². The fourth-order valence-electron chi connectivity index (χ4n) is 5.42. The minimum atomic E-state index is -0.315. The van der Waals surface area contributed by atoms with Crippen molar-refractivity contribution in [2.24, 2.45) is 5.92 Å². The molecule has 3 aliphatic heterocycles. The molecule has 0 aliphatic carbocycles. The van der Waals surface area contributed by atoms with Gasteiger partial charge in [0, 0.05) is 55.5 Å². The van der Waals surface area contributed by atoms with Gasteiger partial charge in [-0.1, -0.05) is 11.6 Å². The fraction of sp³-hybridized carbons (Fsp3) is 0.630. The van der Waals surface area contributed by atoms with E-state index in [4.69, 9.17) is 30.5 Å². The molecule has 0 atom stereocenters. The summed E-state index contributed by atoms with van der Waals surface area (Å²) in [5, 5.41) is 3.86. The van der Waals surface area contributed by atoms with Crippen LogP contribution in [-0.2, 0) is 20.8 Å². The molecule has 1 aromatic carbocycles. The molecule has 0 unspecified atom stereocenters. The zero-order chi connectivity index (χ0) is 25.0. The number of ether oxygens (including phenoxy) is 2. The number of oxazole rings is 1. The molecule has 1 spiro atoms. The molecule has 0 radical (unpaired) electrons. The standard InChI is InChI=1S/C27H37ClN4O4/c1-20-24(30-26(36-20)22-3-5-23(28)6-4-22)19-32-13-7-21(8-14-32)25(33)29-11-2-12-31-15-9-27(10-16-31)34-17-18-35-27/h3-6,21H,2,7-19H2,1H3,(H,29,33). The Morgan fingerprint density at radius 1 is 1.08 bits per heavy atom. The highest BCUT2D eigenvalue weighted by Gasteiger charge is 2.39. The largest absolute Gasteiger partial charge is 0.441 e. The van der Waals surface area contributed by atoms with Crippen LogP contribution in [0, 0.1) is 12.8 Å². The van der Waals surface area contributed by atoms with Crippen molar-refractivity contribution in [1.29, 1.82) is 0 Å². The van der Waals surface area contributed by atoms with Gasteiger partial charge in [-0.25, -0.2) is 4.98 Å². The Balaban J connectivity index is 0.993. The normalized spacial score (nSPS) is 21.3. The molecule has 2 aromatic rings. The Kier molecular flexibility index (Phi) is 8.28. The lowest BCUT2D eigenvalue weighted by Gasteiger charge is -2.37. The first kappa shape index (κ1) is 25.7. The van der Waals surface area contributed by atoms with Crippen LogP contribution in [0.3, 0.4) is 0 Å². The Morgan fingerprint density at radius 3 is 2.47 bits per heavy atom. The molecule has 1 aromatic heterocycles. The number of hydrogen-bond donors (Lipinski definition) is 1. The SMILES string of the molecule is Cc1oc(-c2ccc(Cl)cc2)nc1CN1CCC(C(=O)NCCCN2CCC3(CC2)OCCO3)CC1. The van der Waals surface area contributed by atoms with Gasteiger partial charge in [-0.15, -0.1) is 0 Å². The first-order valence-corrected chi connectivity index (χ1v) is 13.6. The molecule has 5 rings (SSSR count). The van der Waals surface area contributed by atoms with Gasteiger partial charge in [0.1, 0.15) is 5.76 Å². The second kappa shape index (κ2) is 11.6. The number of nitrogens with one attached hydrogen (secondary N) is 1. The van der Waals surface area contributed by atoms with Gasteiger partial charge in [0.15, 0.2) is 5.79 Å². The number of rotatable bonds is 8. The number of halogens is 1. The zero-order valence-corrected chi connectivity index (χ0v) is 21.9. The van der Waals surface area contributed by atoms with Gasteiger partial charge in [0.05, 0.1) is 18.9 Å². The lowest BCUT2D eigenvalue weighted by Crippen LogP contribution is -2.46. The highest BCUT2D eigenvalue weighted by Crippen LogP contribution is 2.31. The molecular weight excluding hydrogens is 480 g/mol. The molecule has 196 valence electrons. The number of aromatic nitrogens is 1. The van der Waals surface area contributed by atoms with Crippen LogP contribution in [0.4, 0.5) is 0 Å². The summed E-state index contributed by atoms with van der Waals surface area (Å²) >= 11 is 5.99. The van der Waals surface area contributed by atoms with Crippen LogP contribution < -0.4 is 5.32 Å². The summed E-state index contributed by atoms with van der Waals surface area (Å²) in [4.78, 5) is 22.2. The van der Waals surface area contributed by atoms with Crippen molar-refractivity contribution in [3.8, 4) is 11.5 Å². The Hall–Kier alpha value is -1.97.